The molecule has 0 aliphatic carbocycles. The molecule has 2 heterocycles. The summed E-state index contributed by atoms with van der Waals surface area (Å²) in [5, 5.41) is 0. The number of ketones is 1. The van der Waals surface area contributed by atoms with Gasteiger partial charge in [-0.3, -0.25) is 28.9 Å². The van der Waals surface area contributed by atoms with Crippen LogP contribution in [0.15, 0.2) is 72.8 Å². The van der Waals surface area contributed by atoms with Crippen molar-refractivity contribution in [3.8, 4) is 11.1 Å². The van der Waals surface area contributed by atoms with Gasteiger partial charge in [0.05, 0.1) is 27.9 Å². The molecule has 46 heavy (non-hydrogen) atoms. The number of imide groups is 2. The molecule has 0 bridgehead atoms. The van der Waals surface area contributed by atoms with Crippen LogP contribution in [0.2, 0.25) is 0 Å². The zero-order valence-electron chi connectivity index (χ0n) is 27.4. The van der Waals surface area contributed by atoms with Crippen molar-refractivity contribution >= 4 is 35.1 Å². The van der Waals surface area contributed by atoms with Crippen LogP contribution in [0.25, 0.3) is 11.1 Å². The van der Waals surface area contributed by atoms with Gasteiger partial charge in [0, 0.05) is 16.7 Å². The van der Waals surface area contributed by atoms with E-state index in [2.05, 4.69) is 45.9 Å². The quantitative estimate of drug-likeness (QED) is 0.174. The number of rotatable bonds is 4. The fourth-order valence-corrected chi connectivity index (χ4v) is 6.30. The number of benzene rings is 4. The molecule has 0 radical (unpaired) electrons. The normalized spacial score (nSPS) is 14.7. The lowest BCUT2D eigenvalue weighted by Crippen LogP contribution is -2.45. The third-order valence-corrected chi connectivity index (χ3v) is 8.82. The van der Waals surface area contributed by atoms with Crippen LogP contribution in [0.4, 0.5) is 5.69 Å². The lowest BCUT2D eigenvalue weighted by atomic mass is 9.84. The molecule has 0 aromatic heterocycles. The summed E-state index contributed by atoms with van der Waals surface area (Å²) < 4.78 is 0. The molecule has 0 saturated carbocycles. The average Bonchev–Trinajstić information content (AvgIpc) is 3.39. The summed E-state index contributed by atoms with van der Waals surface area (Å²) in [6, 6.07) is 20.9. The zero-order chi connectivity index (χ0) is 33.5. The van der Waals surface area contributed by atoms with Gasteiger partial charge in [0.2, 0.25) is 0 Å². The summed E-state index contributed by atoms with van der Waals surface area (Å²) in [7, 11) is 0. The van der Waals surface area contributed by atoms with E-state index in [0.29, 0.717) is 5.69 Å². The maximum Gasteiger partial charge on any atom is 0.266 e. The van der Waals surface area contributed by atoms with Crippen LogP contribution in [-0.2, 0) is 5.41 Å². The summed E-state index contributed by atoms with van der Waals surface area (Å²) in [6.45, 7) is 15.9. The number of hydrogen-bond acceptors (Lipinski definition) is 5. The first-order chi connectivity index (χ1) is 21.5. The van der Waals surface area contributed by atoms with Crippen LogP contribution in [0.1, 0.15) is 116 Å². The van der Waals surface area contributed by atoms with E-state index in [1.165, 1.54) is 46.9 Å². The third-order valence-electron chi connectivity index (χ3n) is 8.82. The van der Waals surface area contributed by atoms with Crippen molar-refractivity contribution in [2.75, 3.05) is 4.90 Å². The molecule has 0 spiro atoms. The molecular formula is C39H36N2O5. The maximum atomic E-state index is 13.6. The van der Waals surface area contributed by atoms with Crippen molar-refractivity contribution < 1.29 is 24.0 Å². The number of aryl methyl sites for hydroxylation is 2. The minimum atomic E-state index is -0.717. The van der Waals surface area contributed by atoms with E-state index in [-0.39, 0.29) is 38.8 Å². The van der Waals surface area contributed by atoms with Gasteiger partial charge in [0.25, 0.3) is 23.6 Å². The highest BCUT2D eigenvalue weighted by molar-refractivity contribution is 6.35. The van der Waals surface area contributed by atoms with Gasteiger partial charge in [-0.05, 0) is 104 Å². The molecule has 0 saturated heterocycles. The monoisotopic (exact) mass is 612 g/mol. The van der Waals surface area contributed by atoms with Crippen LogP contribution in [0, 0.1) is 13.8 Å². The van der Waals surface area contributed by atoms with E-state index in [1.54, 1.807) is 26.8 Å². The fourth-order valence-electron chi connectivity index (χ4n) is 6.30. The smallest absolute Gasteiger partial charge is 0.266 e. The minimum absolute atomic E-state index is 0.0345. The lowest BCUT2D eigenvalue weighted by molar-refractivity contribution is 0.0507. The molecule has 2 aliphatic rings. The molecule has 4 aromatic carbocycles. The Bertz CT molecular complexity index is 2040. The van der Waals surface area contributed by atoms with Crippen molar-refractivity contribution in [1.29, 1.82) is 0 Å². The summed E-state index contributed by atoms with van der Waals surface area (Å²) in [5.41, 5.74) is 6.38. The Morgan fingerprint density at radius 2 is 0.978 bits per heavy atom. The Kier molecular flexibility index (Phi) is 7.00. The van der Waals surface area contributed by atoms with E-state index in [4.69, 9.17) is 0 Å². The van der Waals surface area contributed by atoms with Crippen LogP contribution in [0.3, 0.4) is 0 Å². The first-order valence-corrected chi connectivity index (χ1v) is 15.3. The molecule has 0 unspecified atom stereocenters. The summed E-state index contributed by atoms with van der Waals surface area (Å²) in [4.78, 5) is 68.9. The first-order valence-electron chi connectivity index (χ1n) is 15.3. The van der Waals surface area contributed by atoms with Crippen molar-refractivity contribution in [3.05, 3.63) is 123 Å². The van der Waals surface area contributed by atoms with Crippen molar-refractivity contribution in [1.82, 2.24) is 4.90 Å². The van der Waals surface area contributed by atoms with Gasteiger partial charge in [-0.15, -0.1) is 0 Å². The molecular weight excluding hydrogens is 576 g/mol. The largest absolute Gasteiger partial charge is 0.289 e. The summed E-state index contributed by atoms with van der Waals surface area (Å²) in [6.07, 6.45) is 0. The van der Waals surface area contributed by atoms with Crippen molar-refractivity contribution in [2.45, 2.75) is 66.3 Å². The van der Waals surface area contributed by atoms with Gasteiger partial charge in [-0.25, -0.2) is 4.90 Å². The van der Waals surface area contributed by atoms with Crippen molar-refractivity contribution in [3.63, 3.8) is 0 Å². The Morgan fingerprint density at radius 1 is 0.522 bits per heavy atom. The Hall–Kier alpha value is -5.17. The second kappa shape index (κ2) is 10.4. The molecule has 0 atom stereocenters. The number of carbonyl (C=O) groups excluding carboxylic acids is 5. The predicted octanol–water partition coefficient (Wildman–Crippen LogP) is 7.69. The summed E-state index contributed by atoms with van der Waals surface area (Å²) >= 11 is 0. The van der Waals surface area contributed by atoms with Crippen LogP contribution in [-0.4, -0.2) is 39.9 Å². The molecule has 2 aliphatic heterocycles. The molecule has 0 fully saturated rings. The van der Waals surface area contributed by atoms with E-state index in [0.717, 1.165) is 27.2 Å². The number of carbonyl (C=O) groups is 5. The molecule has 7 heteroatoms. The Morgan fingerprint density at radius 3 is 1.50 bits per heavy atom. The third kappa shape index (κ3) is 4.87. The molecule has 4 amide bonds. The molecule has 232 valence electrons. The number of nitrogens with zero attached hydrogens (tertiary/aromatic N) is 2. The number of fused-ring (bicyclic) bond motifs is 2. The number of amides is 4. The first kappa shape index (κ1) is 30.8. The lowest BCUT2D eigenvalue weighted by Gasteiger charge is -2.29. The fraction of sp³-hybridized carbons (Fsp3) is 0.256. The average molecular weight is 613 g/mol. The Balaban J connectivity index is 1.28. The molecule has 0 N–H and O–H groups in total. The van der Waals surface area contributed by atoms with Gasteiger partial charge in [-0.1, -0.05) is 57.2 Å². The van der Waals surface area contributed by atoms with Gasteiger partial charge >= 0.3 is 0 Å². The number of anilines is 1. The topological polar surface area (TPSA) is 91.8 Å². The van der Waals surface area contributed by atoms with Gasteiger partial charge in [0.1, 0.15) is 0 Å². The van der Waals surface area contributed by atoms with Gasteiger partial charge in [-0.2, -0.15) is 0 Å². The zero-order valence-corrected chi connectivity index (χ0v) is 27.4. The standard InChI is InChI=1S/C39H36N2O5/c1-21-17-25(38(3,4)5)11-15-27(21)28-16-12-26(18-22(28)2)40-34(43)29-13-9-23(19-31(29)35(40)44)33(42)24-10-14-30-32(20-24)37(46)41(36(30)45)39(6,7)8/h9-20H,1-8H3. The molecule has 4 aromatic rings. The highest BCUT2D eigenvalue weighted by Crippen LogP contribution is 2.36. The van der Waals surface area contributed by atoms with E-state index in [1.807, 2.05) is 19.1 Å². The minimum Gasteiger partial charge on any atom is -0.289 e. The Labute approximate surface area is 268 Å². The second-order valence-corrected chi connectivity index (χ2v) is 14.2. The van der Waals surface area contributed by atoms with Crippen molar-refractivity contribution in [2.24, 2.45) is 0 Å². The van der Waals surface area contributed by atoms with Crippen LogP contribution in [0.5, 0.6) is 0 Å². The molecule has 6 rings (SSSR count). The van der Waals surface area contributed by atoms with E-state index >= 15 is 0 Å². The van der Waals surface area contributed by atoms with Gasteiger partial charge < -0.3 is 0 Å². The molecule has 7 nitrogen and oxygen atoms in total. The van der Waals surface area contributed by atoms with E-state index < -0.39 is 35.0 Å². The van der Waals surface area contributed by atoms with Gasteiger partial charge in [0.15, 0.2) is 5.78 Å². The SMILES string of the molecule is Cc1cc(N2C(=O)c3ccc(C(=O)c4ccc5c(c4)C(=O)N(C(C)(C)C)C5=O)cc3C2=O)ccc1-c1ccc(C(C)(C)C)cc1C. The highest BCUT2D eigenvalue weighted by Gasteiger charge is 2.42. The predicted molar refractivity (Wildman–Crippen MR) is 178 cm³/mol. The van der Waals surface area contributed by atoms with Crippen LogP contribution < -0.4 is 4.90 Å². The highest BCUT2D eigenvalue weighted by atomic mass is 16.2. The second-order valence-electron chi connectivity index (χ2n) is 14.2. The summed E-state index contributed by atoms with van der Waals surface area (Å²) in [5.74, 6) is -2.24. The van der Waals surface area contributed by atoms with Crippen LogP contribution >= 0.6 is 0 Å². The number of hydrogen-bond donors (Lipinski definition) is 0. The maximum absolute atomic E-state index is 13.6. The van der Waals surface area contributed by atoms with E-state index in [9.17, 15) is 24.0 Å².